The third kappa shape index (κ3) is 3.93. The molecular formula is C21H21N5O2. The zero-order valence-electron chi connectivity index (χ0n) is 15.4. The number of amides is 2. The first-order valence-electron chi connectivity index (χ1n) is 9.29. The van der Waals surface area contributed by atoms with Gasteiger partial charge in [-0.2, -0.15) is 0 Å². The number of para-hydroxylation sites is 1. The number of aryl methyl sites for hydroxylation is 1. The third-order valence-corrected chi connectivity index (χ3v) is 4.82. The van der Waals surface area contributed by atoms with Crippen LogP contribution in [0.5, 0.6) is 0 Å². The van der Waals surface area contributed by atoms with E-state index in [2.05, 4.69) is 15.3 Å². The Balaban J connectivity index is 1.33. The number of nitrogens with zero attached hydrogens (tertiary/aromatic N) is 4. The number of carbonyl (C=O) groups excluding carboxylic acids is 2. The molecule has 1 aliphatic rings. The van der Waals surface area contributed by atoms with Crippen molar-refractivity contribution >= 4 is 17.5 Å². The van der Waals surface area contributed by atoms with E-state index in [1.54, 1.807) is 23.6 Å². The molecule has 1 aliphatic heterocycles. The van der Waals surface area contributed by atoms with Crippen LogP contribution in [0.4, 0.5) is 5.69 Å². The van der Waals surface area contributed by atoms with Crippen molar-refractivity contribution in [1.29, 1.82) is 0 Å². The summed E-state index contributed by atoms with van der Waals surface area (Å²) in [7, 11) is 0. The van der Waals surface area contributed by atoms with Crippen LogP contribution in [0.1, 0.15) is 24.0 Å². The van der Waals surface area contributed by atoms with Crippen molar-refractivity contribution in [2.45, 2.75) is 25.8 Å². The maximum absolute atomic E-state index is 12.3. The Labute approximate surface area is 163 Å². The van der Waals surface area contributed by atoms with Gasteiger partial charge < -0.3 is 10.2 Å². The van der Waals surface area contributed by atoms with Crippen LogP contribution in [0, 0.1) is 0 Å². The lowest BCUT2D eigenvalue weighted by Gasteiger charge is -2.29. The number of nitrogens with one attached hydrogen (secondary N) is 1. The molecule has 0 unspecified atom stereocenters. The minimum Gasteiger partial charge on any atom is -0.352 e. The maximum atomic E-state index is 12.3. The van der Waals surface area contributed by atoms with Crippen molar-refractivity contribution in [1.82, 2.24) is 19.9 Å². The molecular weight excluding hydrogens is 354 g/mol. The van der Waals surface area contributed by atoms with E-state index in [0.29, 0.717) is 19.5 Å². The molecule has 2 aromatic heterocycles. The molecule has 4 rings (SSSR count). The molecule has 0 bridgehead atoms. The van der Waals surface area contributed by atoms with E-state index in [0.717, 1.165) is 29.1 Å². The minimum atomic E-state index is -0.0863. The first-order chi connectivity index (χ1) is 13.7. The number of hydrogen-bond donors (Lipinski definition) is 1. The molecule has 28 heavy (non-hydrogen) atoms. The normalized spacial score (nSPS) is 13.3. The predicted octanol–water partition coefficient (Wildman–Crippen LogP) is 2.25. The lowest BCUT2D eigenvalue weighted by atomic mass is 10.0. The lowest BCUT2D eigenvalue weighted by Crippen LogP contribution is -2.38. The van der Waals surface area contributed by atoms with Gasteiger partial charge in [-0.1, -0.05) is 18.2 Å². The average molecular weight is 375 g/mol. The summed E-state index contributed by atoms with van der Waals surface area (Å²) >= 11 is 0. The van der Waals surface area contributed by atoms with Crippen LogP contribution in [0.25, 0.3) is 5.82 Å². The zero-order chi connectivity index (χ0) is 19.3. The summed E-state index contributed by atoms with van der Waals surface area (Å²) in [5.74, 6) is 0.738. The summed E-state index contributed by atoms with van der Waals surface area (Å²) in [4.78, 5) is 34.6. The largest absolute Gasteiger partial charge is 0.352 e. The van der Waals surface area contributed by atoms with Crippen molar-refractivity contribution < 1.29 is 9.59 Å². The summed E-state index contributed by atoms with van der Waals surface area (Å²) in [6.07, 6.45) is 8.41. The van der Waals surface area contributed by atoms with Crippen LogP contribution in [0.2, 0.25) is 0 Å². The smallest absolute Gasteiger partial charge is 0.227 e. The van der Waals surface area contributed by atoms with E-state index < -0.39 is 0 Å². The lowest BCUT2D eigenvalue weighted by molar-refractivity contribution is -0.121. The van der Waals surface area contributed by atoms with Crippen LogP contribution in [-0.2, 0) is 22.6 Å². The molecule has 3 aromatic rings. The number of aromatic nitrogens is 3. The molecule has 7 heteroatoms. The van der Waals surface area contributed by atoms with E-state index in [1.165, 1.54) is 0 Å². The van der Waals surface area contributed by atoms with Gasteiger partial charge in [-0.3, -0.25) is 14.2 Å². The van der Waals surface area contributed by atoms with Gasteiger partial charge in [0.15, 0.2) is 0 Å². The quantitative estimate of drug-likeness (QED) is 0.717. The number of carbonyl (C=O) groups is 2. The molecule has 0 fully saturated rings. The van der Waals surface area contributed by atoms with Crippen LogP contribution in [0.15, 0.2) is 61.3 Å². The highest BCUT2D eigenvalue weighted by Gasteiger charge is 2.23. The number of imidazole rings is 1. The summed E-state index contributed by atoms with van der Waals surface area (Å²) in [6, 6.07) is 11.7. The Morgan fingerprint density at radius 2 is 2.04 bits per heavy atom. The number of benzene rings is 1. The fourth-order valence-electron chi connectivity index (χ4n) is 3.35. The van der Waals surface area contributed by atoms with Gasteiger partial charge in [0.05, 0.1) is 0 Å². The predicted molar refractivity (Wildman–Crippen MR) is 105 cm³/mol. The molecule has 0 spiro atoms. The number of pyridine rings is 1. The van der Waals surface area contributed by atoms with Crippen molar-refractivity contribution in [3.63, 3.8) is 0 Å². The van der Waals surface area contributed by atoms with E-state index in [9.17, 15) is 9.59 Å². The fraction of sp³-hybridized carbons (Fsp3) is 0.238. The first-order valence-corrected chi connectivity index (χ1v) is 9.29. The molecule has 0 atom stereocenters. The highest BCUT2D eigenvalue weighted by atomic mass is 16.2. The van der Waals surface area contributed by atoms with Gasteiger partial charge in [0.2, 0.25) is 11.8 Å². The minimum absolute atomic E-state index is 0.0746. The molecule has 2 amide bonds. The molecule has 142 valence electrons. The average Bonchev–Trinajstić information content (AvgIpc) is 3.27. The van der Waals surface area contributed by atoms with Crippen molar-refractivity contribution in [2.24, 2.45) is 0 Å². The third-order valence-electron chi connectivity index (χ3n) is 4.82. The fourth-order valence-corrected chi connectivity index (χ4v) is 3.35. The van der Waals surface area contributed by atoms with E-state index in [4.69, 9.17) is 0 Å². The monoisotopic (exact) mass is 375 g/mol. The molecule has 3 heterocycles. The SMILES string of the molecule is O=C(CCN1C(=O)CCc2ccccc21)NCc1ccnc(-n2ccnc2)c1. The molecule has 1 N–H and O–H groups in total. The van der Waals surface area contributed by atoms with E-state index in [1.807, 2.05) is 47.2 Å². The van der Waals surface area contributed by atoms with Crippen LogP contribution in [-0.4, -0.2) is 32.9 Å². The number of rotatable bonds is 6. The number of anilines is 1. The van der Waals surface area contributed by atoms with Crippen LogP contribution in [0.3, 0.4) is 0 Å². The molecule has 0 radical (unpaired) electrons. The van der Waals surface area contributed by atoms with E-state index >= 15 is 0 Å². The first kappa shape index (κ1) is 17.9. The Bertz CT molecular complexity index is 984. The summed E-state index contributed by atoms with van der Waals surface area (Å²) in [5, 5.41) is 2.92. The van der Waals surface area contributed by atoms with E-state index in [-0.39, 0.29) is 18.2 Å². The standard InChI is InChI=1S/C21H21N5O2/c27-20(8-11-26-18-4-2-1-3-17(18)5-6-21(26)28)24-14-16-7-9-23-19(13-16)25-12-10-22-15-25/h1-4,7,9-10,12-13,15H,5-6,8,11,14H2,(H,24,27). The van der Waals surface area contributed by atoms with Gasteiger partial charge >= 0.3 is 0 Å². The van der Waals surface area contributed by atoms with Crippen molar-refractivity contribution in [2.75, 3.05) is 11.4 Å². The van der Waals surface area contributed by atoms with Crippen molar-refractivity contribution in [3.05, 3.63) is 72.4 Å². The Morgan fingerprint density at radius 3 is 2.89 bits per heavy atom. The molecule has 1 aromatic carbocycles. The summed E-state index contributed by atoms with van der Waals surface area (Å²) < 4.78 is 1.81. The Morgan fingerprint density at radius 1 is 1.14 bits per heavy atom. The Hall–Kier alpha value is -3.48. The van der Waals surface area contributed by atoms with Gasteiger partial charge in [0, 0.05) is 50.2 Å². The second-order valence-electron chi connectivity index (χ2n) is 6.69. The number of fused-ring (bicyclic) bond motifs is 1. The van der Waals surface area contributed by atoms with Gasteiger partial charge in [-0.15, -0.1) is 0 Å². The molecule has 0 saturated carbocycles. The second kappa shape index (κ2) is 8.04. The van der Waals surface area contributed by atoms with Crippen LogP contribution >= 0.6 is 0 Å². The highest BCUT2D eigenvalue weighted by Crippen LogP contribution is 2.27. The molecule has 7 nitrogen and oxygen atoms in total. The zero-order valence-corrected chi connectivity index (χ0v) is 15.4. The van der Waals surface area contributed by atoms with Crippen LogP contribution < -0.4 is 10.2 Å². The van der Waals surface area contributed by atoms with Crippen molar-refractivity contribution in [3.8, 4) is 5.82 Å². The summed E-state index contributed by atoms with van der Waals surface area (Å²) in [6.45, 7) is 0.798. The summed E-state index contributed by atoms with van der Waals surface area (Å²) in [5.41, 5.74) is 3.03. The van der Waals surface area contributed by atoms with Gasteiger partial charge in [-0.05, 0) is 35.7 Å². The highest BCUT2D eigenvalue weighted by molar-refractivity contribution is 5.96. The second-order valence-corrected chi connectivity index (χ2v) is 6.69. The van der Waals surface area contributed by atoms with Gasteiger partial charge in [0.25, 0.3) is 0 Å². The van der Waals surface area contributed by atoms with Gasteiger partial charge in [0.1, 0.15) is 12.1 Å². The molecule has 0 aliphatic carbocycles. The van der Waals surface area contributed by atoms with Gasteiger partial charge in [-0.25, -0.2) is 9.97 Å². The Kier molecular flexibility index (Phi) is 5.14. The topological polar surface area (TPSA) is 80.1 Å². The molecule has 0 saturated heterocycles. The maximum Gasteiger partial charge on any atom is 0.227 e. The number of hydrogen-bond acceptors (Lipinski definition) is 4.